The second-order valence-electron chi connectivity index (χ2n) is 8.81. The Labute approximate surface area is 141 Å². The number of hydrogen-bond acceptors (Lipinski definition) is 2. The molecule has 3 fully saturated rings. The number of carbonyl (C=O) groups is 1. The first-order valence-electron chi connectivity index (χ1n) is 9.81. The predicted octanol–water partition coefficient (Wildman–Crippen LogP) is 4.16. The molecule has 0 aromatic carbocycles. The van der Waals surface area contributed by atoms with Gasteiger partial charge in [0.1, 0.15) is 0 Å². The minimum Gasteiger partial charge on any atom is -0.378 e. The predicted molar refractivity (Wildman–Crippen MR) is 93.1 cm³/mol. The van der Waals surface area contributed by atoms with E-state index >= 15 is 0 Å². The number of ether oxygens (including phenoxy) is 1. The maximum Gasteiger partial charge on any atom is 0.219 e. The number of nitrogens with one attached hydrogen (secondary N) is 1. The summed E-state index contributed by atoms with van der Waals surface area (Å²) < 4.78 is 6.32. The van der Waals surface area contributed by atoms with Crippen molar-refractivity contribution >= 4 is 5.91 Å². The van der Waals surface area contributed by atoms with Crippen LogP contribution in [0.4, 0.5) is 0 Å². The molecular formula is C20H35NO2. The van der Waals surface area contributed by atoms with Gasteiger partial charge in [0, 0.05) is 19.1 Å². The lowest BCUT2D eigenvalue weighted by molar-refractivity contribution is -0.148. The van der Waals surface area contributed by atoms with Crippen LogP contribution in [-0.4, -0.2) is 24.7 Å². The average Bonchev–Trinajstić information content (AvgIpc) is 3.02. The topological polar surface area (TPSA) is 38.3 Å². The van der Waals surface area contributed by atoms with Gasteiger partial charge >= 0.3 is 0 Å². The fourth-order valence-corrected chi connectivity index (χ4v) is 6.31. The van der Waals surface area contributed by atoms with Crippen molar-refractivity contribution < 1.29 is 9.53 Å². The van der Waals surface area contributed by atoms with Gasteiger partial charge in [-0.05, 0) is 47.8 Å². The zero-order chi connectivity index (χ0) is 16.8. The summed E-state index contributed by atoms with van der Waals surface area (Å²) in [7, 11) is 0. The van der Waals surface area contributed by atoms with E-state index in [-0.39, 0.29) is 16.7 Å². The SMILES string of the molecule is CCC(=O)N[C@@H]1C(C)(C)[C@@H]2C[C@@H]3[C@@H](C(CC)CC)OCC[C@@]31C2. The Bertz CT molecular complexity index is 457. The van der Waals surface area contributed by atoms with Gasteiger partial charge in [0.2, 0.25) is 5.91 Å². The summed E-state index contributed by atoms with van der Waals surface area (Å²) >= 11 is 0. The molecule has 0 aromatic rings. The summed E-state index contributed by atoms with van der Waals surface area (Å²) in [5.74, 6) is 2.26. The second kappa shape index (κ2) is 6.06. The molecule has 0 unspecified atom stereocenters. The van der Waals surface area contributed by atoms with E-state index in [2.05, 4.69) is 33.0 Å². The van der Waals surface area contributed by atoms with E-state index in [1.165, 1.54) is 25.7 Å². The molecule has 5 atom stereocenters. The average molecular weight is 322 g/mol. The van der Waals surface area contributed by atoms with Gasteiger partial charge in [-0.15, -0.1) is 0 Å². The van der Waals surface area contributed by atoms with E-state index in [1.54, 1.807) is 0 Å². The van der Waals surface area contributed by atoms with E-state index < -0.39 is 0 Å². The fraction of sp³-hybridized carbons (Fsp3) is 0.950. The van der Waals surface area contributed by atoms with Crippen LogP contribution in [-0.2, 0) is 9.53 Å². The highest BCUT2D eigenvalue weighted by Crippen LogP contribution is 2.69. The molecule has 3 rings (SSSR count). The molecule has 1 heterocycles. The summed E-state index contributed by atoms with van der Waals surface area (Å²) in [5, 5.41) is 3.44. The zero-order valence-corrected chi connectivity index (χ0v) is 15.7. The summed E-state index contributed by atoms with van der Waals surface area (Å²) in [6.07, 6.45) is 7.11. The van der Waals surface area contributed by atoms with Gasteiger partial charge in [0.15, 0.2) is 0 Å². The summed E-state index contributed by atoms with van der Waals surface area (Å²) in [4.78, 5) is 12.2. The Hall–Kier alpha value is -0.570. The number of carbonyl (C=O) groups excluding carboxylic acids is 1. The van der Waals surface area contributed by atoms with Crippen molar-refractivity contribution in [2.45, 2.75) is 85.3 Å². The molecule has 3 nitrogen and oxygen atoms in total. The molecule has 1 saturated heterocycles. The lowest BCUT2D eigenvalue weighted by atomic mass is 9.58. The lowest BCUT2D eigenvalue weighted by Crippen LogP contribution is -2.61. The van der Waals surface area contributed by atoms with Crippen molar-refractivity contribution in [3.05, 3.63) is 0 Å². The second-order valence-corrected chi connectivity index (χ2v) is 8.81. The Balaban J connectivity index is 1.91. The van der Waals surface area contributed by atoms with Crippen LogP contribution in [0.5, 0.6) is 0 Å². The Morgan fingerprint density at radius 2 is 1.96 bits per heavy atom. The third kappa shape index (κ3) is 2.45. The van der Waals surface area contributed by atoms with Crippen LogP contribution in [0.2, 0.25) is 0 Å². The third-order valence-corrected chi connectivity index (χ3v) is 7.69. The van der Waals surface area contributed by atoms with Crippen LogP contribution in [0.3, 0.4) is 0 Å². The third-order valence-electron chi connectivity index (χ3n) is 7.69. The van der Waals surface area contributed by atoms with E-state index in [9.17, 15) is 4.79 Å². The molecule has 1 aliphatic heterocycles. The highest BCUT2D eigenvalue weighted by Gasteiger charge is 2.68. The highest BCUT2D eigenvalue weighted by atomic mass is 16.5. The molecule has 23 heavy (non-hydrogen) atoms. The van der Waals surface area contributed by atoms with Crippen LogP contribution < -0.4 is 5.32 Å². The summed E-state index contributed by atoms with van der Waals surface area (Å²) in [6.45, 7) is 12.2. The van der Waals surface area contributed by atoms with Crippen LogP contribution in [0.1, 0.15) is 73.1 Å². The van der Waals surface area contributed by atoms with E-state index in [4.69, 9.17) is 4.74 Å². The molecular weight excluding hydrogens is 286 g/mol. The first-order valence-corrected chi connectivity index (χ1v) is 9.81. The van der Waals surface area contributed by atoms with E-state index in [1.807, 2.05) is 6.92 Å². The first kappa shape index (κ1) is 17.3. The van der Waals surface area contributed by atoms with Crippen molar-refractivity contribution in [1.29, 1.82) is 0 Å². The Morgan fingerprint density at radius 3 is 2.57 bits per heavy atom. The molecule has 132 valence electrons. The summed E-state index contributed by atoms with van der Waals surface area (Å²) in [6, 6.07) is 0.326. The standard InChI is InChI=1S/C20H35NO2/c1-6-13(7-2)17-15-11-14-12-20(15,9-10-23-17)18(19(14,4)5)21-16(22)8-3/h13-15,17-18H,6-12H2,1-5H3,(H,21,22)/t14-,15-,17-,18-,20-/m1/s1. The Kier molecular flexibility index (Phi) is 4.54. The van der Waals surface area contributed by atoms with Crippen molar-refractivity contribution in [2.75, 3.05) is 6.61 Å². The largest absolute Gasteiger partial charge is 0.378 e. The minimum atomic E-state index is 0.217. The van der Waals surface area contributed by atoms with Crippen LogP contribution in [0, 0.1) is 28.6 Å². The summed E-state index contributed by atoms with van der Waals surface area (Å²) in [5.41, 5.74) is 0.502. The molecule has 2 saturated carbocycles. The zero-order valence-electron chi connectivity index (χ0n) is 15.7. The van der Waals surface area contributed by atoms with Crippen LogP contribution in [0.15, 0.2) is 0 Å². The van der Waals surface area contributed by atoms with Crippen molar-refractivity contribution in [2.24, 2.45) is 28.6 Å². The molecule has 2 aliphatic carbocycles. The van der Waals surface area contributed by atoms with Gasteiger partial charge in [0.25, 0.3) is 0 Å². The molecule has 2 bridgehead atoms. The van der Waals surface area contributed by atoms with Crippen molar-refractivity contribution in [3.63, 3.8) is 0 Å². The minimum absolute atomic E-state index is 0.217. The smallest absolute Gasteiger partial charge is 0.219 e. The monoisotopic (exact) mass is 321 g/mol. The molecule has 3 heteroatoms. The van der Waals surface area contributed by atoms with Gasteiger partial charge in [-0.3, -0.25) is 4.79 Å². The van der Waals surface area contributed by atoms with Crippen molar-refractivity contribution in [1.82, 2.24) is 5.32 Å². The molecule has 1 spiro atoms. The van der Waals surface area contributed by atoms with Gasteiger partial charge in [-0.2, -0.15) is 0 Å². The molecule has 1 amide bonds. The number of rotatable bonds is 5. The lowest BCUT2D eigenvalue weighted by Gasteiger charge is -2.54. The molecule has 1 N–H and O–H groups in total. The van der Waals surface area contributed by atoms with Gasteiger partial charge < -0.3 is 10.1 Å². The van der Waals surface area contributed by atoms with E-state index in [0.29, 0.717) is 30.4 Å². The number of fused-ring (bicyclic) bond motifs is 1. The molecule has 0 aromatic heterocycles. The number of amides is 1. The van der Waals surface area contributed by atoms with Gasteiger partial charge in [0.05, 0.1) is 6.10 Å². The Morgan fingerprint density at radius 1 is 1.26 bits per heavy atom. The maximum absolute atomic E-state index is 12.2. The van der Waals surface area contributed by atoms with Crippen molar-refractivity contribution in [3.8, 4) is 0 Å². The highest BCUT2D eigenvalue weighted by molar-refractivity contribution is 5.76. The van der Waals surface area contributed by atoms with Gasteiger partial charge in [-0.1, -0.05) is 47.5 Å². The van der Waals surface area contributed by atoms with Gasteiger partial charge in [-0.25, -0.2) is 0 Å². The van der Waals surface area contributed by atoms with Crippen LogP contribution in [0.25, 0.3) is 0 Å². The first-order chi connectivity index (χ1) is 10.9. The number of hydrogen-bond donors (Lipinski definition) is 1. The fourth-order valence-electron chi connectivity index (χ4n) is 6.31. The maximum atomic E-state index is 12.2. The molecule has 3 aliphatic rings. The normalized spacial score (nSPS) is 41.1. The molecule has 0 radical (unpaired) electrons. The quantitative estimate of drug-likeness (QED) is 0.826. The van der Waals surface area contributed by atoms with Crippen LogP contribution >= 0.6 is 0 Å². The van der Waals surface area contributed by atoms with E-state index in [0.717, 1.165) is 18.9 Å².